The molecule has 5 heteroatoms. The summed E-state index contributed by atoms with van der Waals surface area (Å²) in [6, 6.07) is 14.1. The van der Waals surface area contributed by atoms with Gasteiger partial charge in [0, 0.05) is 16.8 Å². The van der Waals surface area contributed by atoms with Crippen LogP contribution in [0.15, 0.2) is 41.4 Å². The Morgan fingerprint density at radius 1 is 1.25 bits per heavy atom. The van der Waals surface area contributed by atoms with Gasteiger partial charge in [-0.25, -0.2) is 4.98 Å². The van der Waals surface area contributed by atoms with Crippen LogP contribution in [0.1, 0.15) is 53.5 Å². The van der Waals surface area contributed by atoms with E-state index in [0.717, 1.165) is 30.5 Å². The van der Waals surface area contributed by atoms with Crippen LogP contribution < -0.4 is 0 Å². The van der Waals surface area contributed by atoms with Gasteiger partial charge in [0.1, 0.15) is 11.1 Å². The third-order valence-electron chi connectivity index (χ3n) is 5.42. The molecule has 0 aliphatic heterocycles. The lowest BCUT2D eigenvalue weighted by Crippen LogP contribution is -2.26. The van der Waals surface area contributed by atoms with Crippen LogP contribution in [0.25, 0.3) is 10.9 Å². The summed E-state index contributed by atoms with van der Waals surface area (Å²) < 4.78 is 1.95. The van der Waals surface area contributed by atoms with E-state index in [0.29, 0.717) is 17.0 Å². The smallest absolute Gasteiger partial charge is 0.244 e. The second-order valence-corrected chi connectivity index (χ2v) is 8.45. The van der Waals surface area contributed by atoms with Crippen molar-refractivity contribution in [2.75, 3.05) is 0 Å². The Bertz CT molecular complexity index is 1090. The fraction of sp³-hybridized carbons (Fsp3) is 0.348. The third kappa shape index (κ3) is 3.22. The molecule has 4 rings (SSSR count). The fourth-order valence-corrected chi connectivity index (χ4v) is 5.12. The van der Waals surface area contributed by atoms with Crippen LogP contribution in [0.2, 0.25) is 0 Å². The number of nitriles is 1. The summed E-state index contributed by atoms with van der Waals surface area (Å²) >= 11 is 1.42. The average Bonchev–Trinajstić information content (AvgIpc) is 3.06. The maximum atomic E-state index is 13.6. The first-order valence-corrected chi connectivity index (χ1v) is 10.7. The van der Waals surface area contributed by atoms with Gasteiger partial charge in [-0.1, -0.05) is 36.9 Å². The highest BCUT2D eigenvalue weighted by molar-refractivity contribution is 8.00. The molecule has 1 aliphatic carbocycles. The predicted octanol–water partition coefficient (Wildman–Crippen LogP) is 5.31. The molecule has 1 unspecified atom stereocenters. The van der Waals surface area contributed by atoms with E-state index in [-0.39, 0.29) is 11.2 Å². The number of carbonyl (C=O) groups is 1. The summed E-state index contributed by atoms with van der Waals surface area (Å²) in [5, 5.41) is 11.0. The first kappa shape index (κ1) is 18.8. The maximum Gasteiger partial charge on any atom is 0.244 e. The summed E-state index contributed by atoms with van der Waals surface area (Å²) in [4.78, 5) is 18.2. The molecular formula is C23H23N3OS. The number of para-hydroxylation sites is 1. The molecule has 1 aliphatic rings. The summed E-state index contributed by atoms with van der Waals surface area (Å²) in [7, 11) is 0. The normalized spacial score (nSPS) is 14.5. The van der Waals surface area contributed by atoms with Crippen LogP contribution in [0.4, 0.5) is 0 Å². The van der Waals surface area contributed by atoms with Crippen molar-refractivity contribution >= 4 is 28.6 Å². The number of fused-ring (bicyclic) bond motifs is 3. The molecule has 0 saturated carbocycles. The number of aromatic nitrogens is 2. The zero-order valence-electron chi connectivity index (χ0n) is 16.2. The van der Waals surface area contributed by atoms with Gasteiger partial charge in [0.05, 0.1) is 16.3 Å². The van der Waals surface area contributed by atoms with Crippen LogP contribution in [-0.4, -0.2) is 20.7 Å². The lowest BCUT2D eigenvalue weighted by Gasteiger charge is -2.19. The number of carbonyl (C=O) groups excluding carboxylic acids is 1. The molecule has 0 bridgehead atoms. The molecule has 2 aromatic heterocycles. The first-order valence-electron chi connectivity index (χ1n) is 9.83. The molecule has 0 radical (unpaired) electrons. The van der Waals surface area contributed by atoms with Crippen molar-refractivity contribution in [3.05, 3.63) is 58.9 Å². The molecule has 1 atom stereocenters. The molecule has 0 fully saturated rings. The Labute approximate surface area is 169 Å². The Morgan fingerprint density at radius 3 is 2.82 bits per heavy atom. The average molecular weight is 390 g/mol. The topological polar surface area (TPSA) is 58.7 Å². The third-order valence-corrected chi connectivity index (χ3v) is 6.77. The van der Waals surface area contributed by atoms with E-state index < -0.39 is 0 Å². The van der Waals surface area contributed by atoms with Gasteiger partial charge < -0.3 is 0 Å². The summed E-state index contributed by atoms with van der Waals surface area (Å²) in [5.41, 5.74) is 4.90. The number of aryl methyl sites for hydroxylation is 2. The highest BCUT2D eigenvalue weighted by Crippen LogP contribution is 2.35. The monoisotopic (exact) mass is 389 g/mol. The molecule has 28 heavy (non-hydrogen) atoms. The van der Waals surface area contributed by atoms with E-state index in [9.17, 15) is 10.1 Å². The van der Waals surface area contributed by atoms with E-state index >= 15 is 0 Å². The highest BCUT2D eigenvalue weighted by Gasteiger charge is 2.28. The fourth-order valence-electron chi connectivity index (χ4n) is 4.04. The van der Waals surface area contributed by atoms with Crippen LogP contribution >= 0.6 is 11.8 Å². The number of hydrogen-bond donors (Lipinski definition) is 0. The molecule has 0 amide bonds. The van der Waals surface area contributed by atoms with E-state index in [1.54, 1.807) is 6.07 Å². The van der Waals surface area contributed by atoms with Gasteiger partial charge in [0.25, 0.3) is 0 Å². The minimum Gasteiger partial charge on any atom is -0.283 e. The molecular weight excluding hydrogens is 366 g/mol. The van der Waals surface area contributed by atoms with Crippen molar-refractivity contribution in [2.24, 2.45) is 0 Å². The van der Waals surface area contributed by atoms with Gasteiger partial charge in [-0.15, -0.1) is 0 Å². The predicted molar refractivity (Wildman–Crippen MR) is 113 cm³/mol. The molecule has 0 spiro atoms. The number of rotatable bonds is 4. The SMILES string of the molecule is CCC(Sc1nc(C)ccc1C#N)C(=O)n1c2c(c3ccccc31)CCCC2. The maximum absolute atomic E-state index is 13.6. The Kier molecular flexibility index (Phi) is 5.23. The van der Waals surface area contributed by atoms with Crippen LogP contribution in [0.5, 0.6) is 0 Å². The van der Waals surface area contributed by atoms with E-state index in [4.69, 9.17) is 0 Å². The number of thioether (sulfide) groups is 1. The molecule has 2 heterocycles. The summed E-state index contributed by atoms with van der Waals surface area (Å²) in [6.45, 7) is 3.93. The Hall–Kier alpha value is -2.58. The lowest BCUT2D eigenvalue weighted by atomic mass is 9.95. The molecule has 3 aromatic rings. The Morgan fingerprint density at radius 2 is 2.04 bits per heavy atom. The minimum absolute atomic E-state index is 0.0963. The standard InChI is InChI=1S/C23H23N3OS/c1-3-21(28-22-16(14-24)13-12-15(2)25-22)23(27)26-19-10-6-4-8-17(19)18-9-5-7-11-20(18)26/h4,6,8,10,12-13,21H,3,5,7,9,11H2,1-2H3. The van der Waals surface area contributed by atoms with Gasteiger partial charge in [0.15, 0.2) is 0 Å². The number of hydrogen-bond acceptors (Lipinski definition) is 4. The number of benzene rings is 1. The molecule has 4 nitrogen and oxygen atoms in total. The van der Waals surface area contributed by atoms with E-state index in [1.807, 2.05) is 36.6 Å². The van der Waals surface area contributed by atoms with Crippen molar-refractivity contribution in [2.45, 2.75) is 56.2 Å². The zero-order valence-corrected chi connectivity index (χ0v) is 17.1. The Balaban J connectivity index is 1.77. The van der Waals surface area contributed by atoms with Crippen molar-refractivity contribution < 1.29 is 4.79 Å². The molecule has 0 saturated heterocycles. The highest BCUT2D eigenvalue weighted by atomic mass is 32.2. The second kappa shape index (κ2) is 7.81. The first-order chi connectivity index (χ1) is 13.6. The van der Waals surface area contributed by atoms with Crippen molar-refractivity contribution in [3.8, 4) is 6.07 Å². The largest absolute Gasteiger partial charge is 0.283 e. The molecule has 0 N–H and O–H groups in total. The van der Waals surface area contributed by atoms with Crippen molar-refractivity contribution in [3.63, 3.8) is 0 Å². The summed E-state index contributed by atoms with van der Waals surface area (Å²) in [5.74, 6) is 0.0963. The van der Waals surface area contributed by atoms with E-state index in [2.05, 4.69) is 23.2 Å². The van der Waals surface area contributed by atoms with Gasteiger partial charge in [-0.2, -0.15) is 5.26 Å². The van der Waals surface area contributed by atoms with Crippen LogP contribution in [0.3, 0.4) is 0 Å². The van der Waals surface area contributed by atoms with Gasteiger partial charge in [-0.3, -0.25) is 9.36 Å². The number of pyridine rings is 1. The number of nitrogens with zero attached hydrogens (tertiary/aromatic N) is 3. The summed E-state index contributed by atoms with van der Waals surface area (Å²) in [6.07, 6.45) is 4.98. The quantitative estimate of drug-likeness (QED) is 0.568. The van der Waals surface area contributed by atoms with Crippen molar-refractivity contribution in [1.82, 2.24) is 9.55 Å². The molecule has 1 aromatic carbocycles. The van der Waals surface area contributed by atoms with Crippen LogP contribution in [-0.2, 0) is 12.8 Å². The van der Waals surface area contributed by atoms with Crippen LogP contribution in [0, 0.1) is 18.3 Å². The van der Waals surface area contributed by atoms with Crippen molar-refractivity contribution in [1.29, 1.82) is 5.26 Å². The minimum atomic E-state index is -0.275. The van der Waals surface area contributed by atoms with E-state index in [1.165, 1.54) is 34.8 Å². The zero-order chi connectivity index (χ0) is 19.7. The second-order valence-electron chi connectivity index (χ2n) is 7.26. The molecule has 142 valence electrons. The lowest BCUT2D eigenvalue weighted by molar-refractivity contribution is 0.0910. The van der Waals surface area contributed by atoms with Gasteiger partial charge >= 0.3 is 0 Å². The van der Waals surface area contributed by atoms with Gasteiger partial charge in [0.2, 0.25) is 5.91 Å². The van der Waals surface area contributed by atoms with Gasteiger partial charge in [-0.05, 0) is 62.8 Å².